The first-order valence-corrected chi connectivity index (χ1v) is 8.99. The first kappa shape index (κ1) is 16.7. The Morgan fingerprint density at radius 3 is 2.86 bits per heavy atom. The molecule has 122 valence electrons. The van der Waals surface area contributed by atoms with Crippen LogP contribution in [-0.4, -0.2) is 61.7 Å². The van der Waals surface area contributed by atoms with E-state index in [1.54, 1.807) is 19.2 Å². The Labute approximate surface area is 130 Å². The van der Waals surface area contributed by atoms with Gasteiger partial charge in [-0.3, -0.25) is 0 Å². The summed E-state index contributed by atoms with van der Waals surface area (Å²) in [6.45, 7) is 1.94. The molecule has 0 aromatic carbocycles. The fourth-order valence-electron chi connectivity index (χ4n) is 2.64. The molecule has 8 heteroatoms. The highest BCUT2D eigenvalue weighted by Gasteiger charge is 2.24. The molecule has 1 fully saturated rings. The Bertz CT molecular complexity index is 647. The lowest BCUT2D eigenvalue weighted by Crippen LogP contribution is -2.41. The average Bonchev–Trinajstić information content (AvgIpc) is 2.46. The van der Waals surface area contributed by atoms with Crippen molar-refractivity contribution in [3.63, 3.8) is 0 Å². The summed E-state index contributed by atoms with van der Waals surface area (Å²) < 4.78 is 24.4. The second kappa shape index (κ2) is 6.62. The molecular weight excluding hydrogens is 306 g/mol. The molecule has 1 N–H and O–H groups in total. The number of hydrogen-bond donors (Lipinski definition) is 1. The van der Waals surface area contributed by atoms with Crippen molar-refractivity contribution in [2.24, 2.45) is 5.92 Å². The minimum absolute atomic E-state index is 0.0212. The number of aromatic carboxylic acids is 1. The molecule has 1 saturated heterocycles. The number of carbonyl (C=O) groups is 1. The van der Waals surface area contributed by atoms with Gasteiger partial charge in [0.25, 0.3) is 0 Å². The van der Waals surface area contributed by atoms with Crippen LogP contribution in [0.3, 0.4) is 0 Å². The van der Waals surface area contributed by atoms with Gasteiger partial charge in [-0.25, -0.2) is 22.5 Å². The second-order valence-corrected chi connectivity index (χ2v) is 7.77. The fraction of sp³-hybridized carbons (Fsp3) is 0.571. The van der Waals surface area contributed by atoms with Crippen molar-refractivity contribution in [3.05, 3.63) is 23.9 Å². The Balaban J connectivity index is 2.07. The summed E-state index contributed by atoms with van der Waals surface area (Å²) in [7, 11) is -1.60. The first-order chi connectivity index (χ1) is 10.3. The fourth-order valence-corrected chi connectivity index (χ4v) is 3.12. The van der Waals surface area contributed by atoms with E-state index in [1.165, 1.54) is 16.6 Å². The van der Waals surface area contributed by atoms with Gasteiger partial charge in [-0.05, 0) is 30.9 Å². The molecule has 0 bridgehead atoms. The number of carboxylic acids is 1. The van der Waals surface area contributed by atoms with E-state index in [2.05, 4.69) is 4.98 Å². The lowest BCUT2D eigenvalue weighted by Gasteiger charge is -2.35. The van der Waals surface area contributed by atoms with Gasteiger partial charge in [0.1, 0.15) is 5.82 Å². The third-order valence-electron chi connectivity index (χ3n) is 3.88. The smallest absolute Gasteiger partial charge is 0.354 e. The van der Waals surface area contributed by atoms with Gasteiger partial charge in [0, 0.05) is 26.7 Å². The maximum absolute atomic E-state index is 11.5. The molecule has 1 unspecified atom stereocenters. The van der Waals surface area contributed by atoms with E-state index in [1.807, 2.05) is 4.90 Å². The Morgan fingerprint density at radius 1 is 1.50 bits per heavy atom. The lowest BCUT2D eigenvalue weighted by atomic mass is 9.98. The van der Waals surface area contributed by atoms with Crippen molar-refractivity contribution < 1.29 is 18.3 Å². The number of piperidine rings is 1. The number of hydrogen-bond acceptors (Lipinski definition) is 5. The highest BCUT2D eigenvalue weighted by atomic mass is 32.2. The number of rotatable bonds is 5. The predicted molar refractivity (Wildman–Crippen MR) is 83.6 cm³/mol. The average molecular weight is 327 g/mol. The molecule has 22 heavy (non-hydrogen) atoms. The maximum atomic E-state index is 11.5. The van der Waals surface area contributed by atoms with Gasteiger partial charge in [0.05, 0.1) is 6.26 Å². The van der Waals surface area contributed by atoms with Crippen molar-refractivity contribution in [3.8, 4) is 0 Å². The van der Waals surface area contributed by atoms with Crippen molar-refractivity contribution in [2.75, 3.05) is 37.8 Å². The minimum atomic E-state index is -3.18. The molecule has 1 atom stereocenters. The molecular formula is C14H21N3O4S. The quantitative estimate of drug-likeness (QED) is 0.863. The molecule has 1 aromatic rings. The van der Waals surface area contributed by atoms with Gasteiger partial charge in [-0.15, -0.1) is 0 Å². The third kappa shape index (κ3) is 4.17. The van der Waals surface area contributed by atoms with E-state index in [0.29, 0.717) is 18.9 Å². The molecule has 0 saturated carbocycles. The van der Waals surface area contributed by atoms with E-state index >= 15 is 0 Å². The Kier molecular flexibility index (Phi) is 5.02. The van der Waals surface area contributed by atoms with Crippen LogP contribution in [0.25, 0.3) is 0 Å². The molecule has 0 spiro atoms. The van der Waals surface area contributed by atoms with Crippen molar-refractivity contribution in [1.82, 2.24) is 9.29 Å². The highest BCUT2D eigenvalue weighted by molar-refractivity contribution is 7.88. The zero-order valence-corrected chi connectivity index (χ0v) is 13.6. The van der Waals surface area contributed by atoms with Crippen LogP contribution in [0.4, 0.5) is 5.82 Å². The van der Waals surface area contributed by atoms with Gasteiger partial charge in [0.2, 0.25) is 10.0 Å². The molecule has 2 rings (SSSR count). The van der Waals surface area contributed by atoms with Gasteiger partial charge < -0.3 is 10.0 Å². The zero-order chi connectivity index (χ0) is 16.3. The van der Waals surface area contributed by atoms with Crippen LogP contribution in [0.2, 0.25) is 0 Å². The van der Waals surface area contributed by atoms with Crippen LogP contribution in [0, 0.1) is 5.92 Å². The van der Waals surface area contributed by atoms with Crippen molar-refractivity contribution in [1.29, 1.82) is 0 Å². The summed E-state index contributed by atoms with van der Waals surface area (Å²) in [5.41, 5.74) is 0.0212. The summed E-state index contributed by atoms with van der Waals surface area (Å²) >= 11 is 0. The van der Waals surface area contributed by atoms with Gasteiger partial charge in [0.15, 0.2) is 5.69 Å². The lowest BCUT2D eigenvalue weighted by molar-refractivity contribution is 0.0690. The third-order valence-corrected chi connectivity index (χ3v) is 5.16. The van der Waals surface area contributed by atoms with Crippen LogP contribution in [0.5, 0.6) is 0 Å². The van der Waals surface area contributed by atoms with Gasteiger partial charge in [-0.1, -0.05) is 6.07 Å². The Hall–Kier alpha value is -1.67. The summed E-state index contributed by atoms with van der Waals surface area (Å²) in [4.78, 5) is 17.2. The second-order valence-electron chi connectivity index (χ2n) is 5.68. The molecule has 0 amide bonds. The number of anilines is 1. The summed E-state index contributed by atoms with van der Waals surface area (Å²) in [6, 6.07) is 4.93. The van der Waals surface area contributed by atoms with Crippen LogP contribution in [0.1, 0.15) is 23.3 Å². The normalized spacial score (nSPS) is 19.4. The number of aromatic nitrogens is 1. The number of sulfonamides is 1. The van der Waals surface area contributed by atoms with Crippen LogP contribution in [-0.2, 0) is 10.0 Å². The van der Waals surface area contributed by atoms with E-state index < -0.39 is 16.0 Å². The summed E-state index contributed by atoms with van der Waals surface area (Å²) in [5, 5.41) is 9.01. The minimum Gasteiger partial charge on any atom is -0.477 e. The monoisotopic (exact) mass is 327 g/mol. The molecule has 2 heterocycles. The Morgan fingerprint density at radius 2 is 2.23 bits per heavy atom. The number of carboxylic acid groups (broad SMARTS) is 1. The molecule has 0 aliphatic carbocycles. The highest BCUT2D eigenvalue weighted by Crippen LogP contribution is 2.23. The van der Waals surface area contributed by atoms with Crippen LogP contribution < -0.4 is 4.90 Å². The molecule has 0 radical (unpaired) electrons. The van der Waals surface area contributed by atoms with Crippen molar-refractivity contribution >= 4 is 21.8 Å². The first-order valence-electron chi connectivity index (χ1n) is 7.14. The summed E-state index contributed by atoms with van der Waals surface area (Å²) in [6.07, 6.45) is 3.09. The molecule has 7 nitrogen and oxygen atoms in total. The number of pyridine rings is 1. The standard InChI is InChI=1S/C14H21N3O4S/c1-16(22(2,20)21)9-11-5-4-8-17(10-11)13-7-3-6-12(15-13)14(18)19/h3,6-7,11H,4-5,8-10H2,1-2H3,(H,18,19). The maximum Gasteiger partial charge on any atom is 0.354 e. The molecule has 1 aliphatic rings. The molecule has 1 aliphatic heterocycles. The van der Waals surface area contributed by atoms with Gasteiger partial charge >= 0.3 is 5.97 Å². The summed E-state index contributed by atoms with van der Waals surface area (Å²) in [5.74, 6) is -0.206. The SMILES string of the molecule is CN(CC1CCCN(c2cccc(C(=O)O)n2)C1)S(C)(=O)=O. The van der Waals surface area contributed by atoms with E-state index in [0.717, 1.165) is 19.4 Å². The van der Waals surface area contributed by atoms with E-state index in [4.69, 9.17) is 5.11 Å². The van der Waals surface area contributed by atoms with Crippen LogP contribution >= 0.6 is 0 Å². The number of nitrogens with zero attached hydrogens (tertiary/aromatic N) is 3. The molecule has 1 aromatic heterocycles. The van der Waals surface area contributed by atoms with E-state index in [9.17, 15) is 13.2 Å². The zero-order valence-electron chi connectivity index (χ0n) is 12.8. The van der Waals surface area contributed by atoms with Gasteiger partial charge in [-0.2, -0.15) is 0 Å². The van der Waals surface area contributed by atoms with E-state index in [-0.39, 0.29) is 11.6 Å². The van der Waals surface area contributed by atoms with Crippen molar-refractivity contribution in [2.45, 2.75) is 12.8 Å². The predicted octanol–water partition coefficient (Wildman–Crippen LogP) is 0.888. The van der Waals surface area contributed by atoms with Crippen LogP contribution in [0.15, 0.2) is 18.2 Å². The largest absolute Gasteiger partial charge is 0.477 e. The topological polar surface area (TPSA) is 90.8 Å².